The first-order valence-corrected chi connectivity index (χ1v) is 5.95. The quantitative estimate of drug-likeness (QED) is 0.655. The molecule has 8 heteroatoms. The van der Waals surface area contributed by atoms with Gasteiger partial charge in [-0.15, -0.1) is 0 Å². The first kappa shape index (κ1) is 13.8. The average molecular weight is 279 g/mol. The fraction of sp³-hybridized carbons (Fsp3) is 0.333. The van der Waals surface area contributed by atoms with Crippen molar-refractivity contribution in [3.63, 3.8) is 0 Å². The predicted molar refractivity (Wildman–Crippen MR) is 69.4 cm³/mol. The minimum absolute atomic E-state index is 0.157. The molecule has 1 heterocycles. The Balaban J connectivity index is 2.16. The van der Waals surface area contributed by atoms with E-state index in [2.05, 4.69) is 5.32 Å². The van der Waals surface area contributed by atoms with E-state index in [0.29, 0.717) is 0 Å². The number of ether oxygens (including phenoxy) is 1. The Kier molecular flexibility index (Phi) is 3.83. The van der Waals surface area contributed by atoms with Crippen LogP contribution in [0.4, 0.5) is 16.2 Å². The molecule has 0 aliphatic carbocycles. The van der Waals surface area contributed by atoms with Gasteiger partial charge in [0.1, 0.15) is 11.8 Å². The number of nitro benzene ring substituents is 1. The summed E-state index contributed by atoms with van der Waals surface area (Å²) in [5, 5.41) is 13.5. The number of hydrogen-bond donors (Lipinski definition) is 1. The number of benzene rings is 1. The van der Waals surface area contributed by atoms with Gasteiger partial charge in [-0.05, 0) is 6.07 Å². The van der Waals surface area contributed by atoms with E-state index in [4.69, 9.17) is 4.74 Å². The molecule has 106 valence electrons. The maximum absolute atomic E-state index is 11.8. The third-order valence-corrected chi connectivity index (χ3v) is 2.82. The molecule has 1 saturated heterocycles. The largest absolute Gasteiger partial charge is 0.442 e. The van der Waals surface area contributed by atoms with Crippen molar-refractivity contribution in [2.45, 2.75) is 13.0 Å². The van der Waals surface area contributed by atoms with Gasteiger partial charge >= 0.3 is 6.09 Å². The molecule has 0 radical (unpaired) electrons. The number of cyclic esters (lactones) is 1. The maximum atomic E-state index is 11.8. The van der Waals surface area contributed by atoms with Crippen molar-refractivity contribution in [1.29, 1.82) is 0 Å². The van der Waals surface area contributed by atoms with E-state index >= 15 is 0 Å². The first-order chi connectivity index (χ1) is 9.49. The van der Waals surface area contributed by atoms with Gasteiger partial charge in [0.05, 0.1) is 18.0 Å². The summed E-state index contributed by atoms with van der Waals surface area (Å²) in [6.07, 6.45) is -1.18. The van der Waals surface area contributed by atoms with Gasteiger partial charge in [0.15, 0.2) is 0 Å². The van der Waals surface area contributed by atoms with Crippen molar-refractivity contribution in [1.82, 2.24) is 5.32 Å². The van der Waals surface area contributed by atoms with Crippen LogP contribution < -0.4 is 10.2 Å². The molecule has 2 rings (SSSR count). The molecule has 0 aromatic heterocycles. The molecule has 8 nitrogen and oxygen atoms in total. The Hall–Kier alpha value is -2.64. The summed E-state index contributed by atoms with van der Waals surface area (Å²) in [6, 6.07) is 5.94. The molecule has 0 spiro atoms. The first-order valence-electron chi connectivity index (χ1n) is 5.95. The number of nitrogens with one attached hydrogen (secondary N) is 1. The number of nitrogens with zero attached hydrogens (tertiary/aromatic N) is 2. The highest BCUT2D eigenvalue weighted by atomic mass is 16.6. The lowest BCUT2D eigenvalue weighted by Crippen LogP contribution is -2.33. The van der Waals surface area contributed by atoms with Crippen LogP contribution in [-0.2, 0) is 9.53 Å². The summed E-state index contributed by atoms with van der Waals surface area (Å²) in [7, 11) is 0. The molecule has 1 N–H and O–H groups in total. The SMILES string of the molecule is CC(=O)NCC1CN(c2ccccc2[N+](=O)[O-])C(=O)O1. The van der Waals surface area contributed by atoms with Gasteiger partial charge in [-0.2, -0.15) is 0 Å². The summed E-state index contributed by atoms with van der Waals surface area (Å²) in [6.45, 7) is 1.69. The number of carbonyl (C=O) groups excluding carboxylic acids is 2. The molecule has 2 amide bonds. The Morgan fingerprint density at radius 2 is 2.25 bits per heavy atom. The zero-order chi connectivity index (χ0) is 14.7. The Labute approximate surface area is 114 Å². The lowest BCUT2D eigenvalue weighted by molar-refractivity contribution is -0.384. The van der Waals surface area contributed by atoms with Gasteiger partial charge in [0.25, 0.3) is 5.69 Å². The molecule has 1 unspecified atom stereocenters. The third kappa shape index (κ3) is 2.85. The van der Waals surface area contributed by atoms with Crippen LogP contribution in [0.25, 0.3) is 0 Å². The maximum Gasteiger partial charge on any atom is 0.415 e. The summed E-state index contributed by atoms with van der Waals surface area (Å²) >= 11 is 0. The van der Waals surface area contributed by atoms with Gasteiger partial charge in [0, 0.05) is 13.0 Å². The fourth-order valence-electron chi connectivity index (χ4n) is 1.93. The second kappa shape index (κ2) is 5.55. The highest BCUT2D eigenvalue weighted by Crippen LogP contribution is 2.30. The molecule has 0 saturated carbocycles. The van der Waals surface area contributed by atoms with E-state index < -0.39 is 17.1 Å². The van der Waals surface area contributed by atoms with Crippen LogP contribution >= 0.6 is 0 Å². The topological polar surface area (TPSA) is 102 Å². The average Bonchev–Trinajstić information content (AvgIpc) is 2.77. The minimum atomic E-state index is -0.658. The van der Waals surface area contributed by atoms with Crippen molar-refractivity contribution in [3.8, 4) is 0 Å². The van der Waals surface area contributed by atoms with Gasteiger partial charge in [-0.25, -0.2) is 4.79 Å². The fourth-order valence-corrected chi connectivity index (χ4v) is 1.93. The Morgan fingerprint density at radius 3 is 2.90 bits per heavy atom. The second-order valence-electron chi connectivity index (χ2n) is 4.30. The molecular formula is C12H13N3O5. The van der Waals surface area contributed by atoms with Crippen molar-refractivity contribution < 1.29 is 19.2 Å². The van der Waals surface area contributed by atoms with Crippen LogP contribution in [0.1, 0.15) is 6.92 Å². The number of nitro groups is 1. The zero-order valence-electron chi connectivity index (χ0n) is 10.7. The molecule has 1 aliphatic heterocycles. The van der Waals surface area contributed by atoms with Crippen molar-refractivity contribution >= 4 is 23.4 Å². The number of anilines is 1. The van der Waals surface area contributed by atoms with Gasteiger partial charge in [-0.3, -0.25) is 19.8 Å². The van der Waals surface area contributed by atoms with E-state index in [1.54, 1.807) is 6.07 Å². The van der Waals surface area contributed by atoms with Gasteiger partial charge in [0.2, 0.25) is 5.91 Å². The highest BCUT2D eigenvalue weighted by molar-refractivity contribution is 5.92. The van der Waals surface area contributed by atoms with E-state index in [9.17, 15) is 19.7 Å². The molecule has 0 bridgehead atoms. The monoisotopic (exact) mass is 279 g/mol. The summed E-state index contributed by atoms with van der Waals surface area (Å²) in [5.41, 5.74) is 0.0254. The lowest BCUT2D eigenvalue weighted by Gasteiger charge is -2.12. The van der Waals surface area contributed by atoms with Crippen molar-refractivity contribution in [3.05, 3.63) is 34.4 Å². The zero-order valence-corrected chi connectivity index (χ0v) is 10.7. The van der Waals surface area contributed by atoms with Crippen LogP contribution in [-0.4, -0.2) is 36.1 Å². The number of para-hydroxylation sites is 2. The molecule has 1 aliphatic rings. The van der Waals surface area contributed by atoms with E-state index in [1.165, 1.54) is 30.0 Å². The van der Waals surface area contributed by atoms with Crippen LogP contribution in [0, 0.1) is 10.1 Å². The second-order valence-corrected chi connectivity index (χ2v) is 4.30. The Bertz CT molecular complexity index is 560. The smallest absolute Gasteiger partial charge is 0.415 e. The molecule has 1 fully saturated rings. The molecule has 1 aromatic rings. The molecule has 1 atom stereocenters. The molecular weight excluding hydrogens is 266 g/mol. The Morgan fingerprint density at radius 1 is 1.55 bits per heavy atom. The normalized spacial score (nSPS) is 17.8. The van der Waals surface area contributed by atoms with E-state index in [-0.39, 0.29) is 30.4 Å². The summed E-state index contributed by atoms with van der Waals surface area (Å²) in [5.74, 6) is -0.231. The summed E-state index contributed by atoms with van der Waals surface area (Å²) in [4.78, 5) is 34.2. The van der Waals surface area contributed by atoms with E-state index in [0.717, 1.165) is 0 Å². The van der Waals surface area contributed by atoms with Crippen LogP contribution in [0.2, 0.25) is 0 Å². The van der Waals surface area contributed by atoms with Gasteiger partial charge < -0.3 is 10.1 Å². The predicted octanol–water partition coefficient (Wildman–Crippen LogP) is 1.06. The molecule has 1 aromatic carbocycles. The standard InChI is InChI=1S/C12H13N3O5/c1-8(16)13-6-9-7-14(12(17)20-9)10-4-2-3-5-11(10)15(18)19/h2-5,9H,6-7H2,1H3,(H,13,16). The number of carbonyl (C=O) groups is 2. The van der Waals surface area contributed by atoms with Crippen LogP contribution in [0.15, 0.2) is 24.3 Å². The van der Waals surface area contributed by atoms with Crippen LogP contribution in [0.3, 0.4) is 0 Å². The van der Waals surface area contributed by atoms with Crippen molar-refractivity contribution in [2.24, 2.45) is 0 Å². The third-order valence-electron chi connectivity index (χ3n) is 2.82. The van der Waals surface area contributed by atoms with E-state index in [1.807, 2.05) is 0 Å². The molecule has 20 heavy (non-hydrogen) atoms. The van der Waals surface area contributed by atoms with Crippen molar-refractivity contribution in [2.75, 3.05) is 18.0 Å². The number of rotatable bonds is 4. The van der Waals surface area contributed by atoms with Crippen LogP contribution in [0.5, 0.6) is 0 Å². The number of hydrogen-bond acceptors (Lipinski definition) is 5. The highest BCUT2D eigenvalue weighted by Gasteiger charge is 2.35. The minimum Gasteiger partial charge on any atom is -0.442 e. The van der Waals surface area contributed by atoms with Gasteiger partial charge in [-0.1, -0.05) is 12.1 Å². The lowest BCUT2D eigenvalue weighted by atomic mass is 10.2. The number of amides is 2. The summed E-state index contributed by atoms with van der Waals surface area (Å²) < 4.78 is 5.06.